The predicted molar refractivity (Wildman–Crippen MR) is 99.0 cm³/mol. The first kappa shape index (κ1) is 18.0. The summed E-state index contributed by atoms with van der Waals surface area (Å²) < 4.78 is 6.84. The summed E-state index contributed by atoms with van der Waals surface area (Å²) in [6, 6.07) is 6.08. The number of fused-ring (bicyclic) bond motifs is 1. The highest BCUT2D eigenvalue weighted by Crippen LogP contribution is 2.15. The zero-order valence-corrected chi connectivity index (χ0v) is 15.4. The average molecular weight is 344 g/mol. The molecule has 1 saturated heterocycles. The van der Waals surface area contributed by atoms with Crippen molar-refractivity contribution in [1.29, 1.82) is 0 Å². The van der Waals surface area contributed by atoms with Crippen LogP contribution in [0.2, 0.25) is 0 Å². The van der Waals surface area contributed by atoms with Crippen LogP contribution in [0.5, 0.6) is 0 Å². The van der Waals surface area contributed by atoms with E-state index in [-0.39, 0.29) is 5.56 Å². The van der Waals surface area contributed by atoms with Crippen LogP contribution in [-0.2, 0) is 11.3 Å². The quantitative estimate of drug-likeness (QED) is 0.796. The smallest absolute Gasteiger partial charge is 0.258 e. The Morgan fingerprint density at radius 3 is 2.96 bits per heavy atom. The number of ether oxygens (including phenoxy) is 1. The molecule has 1 fully saturated rings. The lowest BCUT2D eigenvalue weighted by molar-refractivity contribution is 0.0460. The Balaban J connectivity index is 1.74. The number of methoxy groups -OCH3 is 1. The summed E-state index contributed by atoms with van der Waals surface area (Å²) in [7, 11) is 1.75. The molecule has 0 amide bonds. The summed E-state index contributed by atoms with van der Waals surface area (Å²) in [5, 5.41) is 0. The van der Waals surface area contributed by atoms with Gasteiger partial charge < -0.3 is 4.74 Å². The molecule has 0 aromatic carbocycles. The minimum Gasteiger partial charge on any atom is -0.383 e. The van der Waals surface area contributed by atoms with Crippen molar-refractivity contribution in [2.45, 2.75) is 32.9 Å². The van der Waals surface area contributed by atoms with Crippen molar-refractivity contribution in [3.63, 3.8) is 0 Å². The fraction of sp³-hybridized carbons (Fsp3) is 0.579. The summed E-state index contributed by atoms with van der Waals surface area (Å²) in [6.07, 6.45) is 2.90. The van der Waals surface area contributed by atoms with Gasteiger partial charge in [0.15, 0.2) is 0 Å². The first-order valence-electron chi connectivity index (χ1n) is 9.05. The van der Waals surface area contributed by atoms with Gasteiger partial charge in [0, 0.05) is 58.1 Å². The summed E-state index contributed by atoms with van der Waals surface area (Å²) in [5.74, 6) is 0. The SMILES string of the molecule is CC[C@H]1CN(Cc2cc(=O)n3cccc(C)c3n2)CCN1CCOC. The molecule has 1 atom stereocenters. The Morgan fingerprint density at radius 1 is 1.36 bits per heavy atom. The zero-order chi connectivity index (χ0) is 17.8. The third kappa shape index (κ3) is 4.08. The van der Waals surface area contributed by atoms with Crippen molar-refractivity contribution < 1.29 is 4.74 Å². The normalized spacial score (nSPS) is 19.6. The number of hydrogen-bond acceptors (Lipinski definition) is 5. The number of aryl methyl sites for hydroxylation is 1. The molecule has 25 heavy (non-hydrogen) atoms. The largest absolute Gasteiger partial charge is 0.383 e. The summed E-state index contributed by atoms with van der Waals surface area (Å²) in [6.45, 7) is 9.76. The van der Waals surface area contributed by atoms with Gasteiger partial charge in [-0.3, -0.25) is 19.0 Å². The van der Waals surface area contributed by atoms with Gasteiger partial charge in [0.1, 0.15) is 5.65 Å². The number of pyridine rings is 1. The molecule has 0 N–H and O–H groups in total. The van der Waals surface area contributed by atoms with Gasteiger partial charge in [0.05, 0.1) is 12.3 Å². The van der Waals surface area contributed by atoms with Crippen LogP contribution in [0.25, 0.3) is 5.65 Å². The van der Waals surface area contributed by atoms with Crippen molar-refractivity contribution in [3.05, 3.63) is 46.0 Å². The van der Waals surface area contributed by atoms with Crippen LogP contribution in [0.3, 0.4) is 0 Å². The molecule has 6 heteroatoms. The highest BCUT2D eigenvalue weighted by molar-refractivity contribution is 5.46. The third-order valence-electron chi connectivity index (χ3n) is 5.07. The molecular weight excluding hydrogens is 316 g/mol. The number of piperazine rings is 1. The van der Waals surface area contributed by atoms with E-state index in [0.717, 1.165) is 62.7 Å². The molecular formula is C19H28N4O2. The molecule has 0 unspecified atom stereocenters. The van der Waals surface area contributed by atoms with E-state index in [1.54, 1.807) is 23.8 Å². The topological polar surface area (TPSA) is 50.1 Å². The molecule has 0 spiro atoms. The Kier molecular flexibility index (Phi) is 5.83. The number of aromatic nitrogens is 2. The van der Waals surface area contributed by atoms with Crippen LogP contribution in [-0.4, -0.2) is 65.1 Å². The fourth-order valence-electron chi connectivity index (χ4n) is 3.61. The van der Waals surface area contributed by atoms with E-state index < -0.39 is 0 Å². The molecule has 2 aromatic heterocycles. The molecule has 0 saturated carbocycles. The molecule has 3 rings (SSSR count). The summed E-state index contributed by atoms with van der Waals surface area (Å²) in [5.41, 5.74) is 2.64. The van der Waals surface area contributed by atoms with Gasteiger partial charge in [0.25, 0.3) is 5.56 Å². The van der Waals surface area contributed by atoms with Gasteiger partial charge in [-0.1, -0.05) is 13.0 Å². The van der Waals surface area contributed by atoms with Crippen LogP contribution in [0.15, 0.2) is 29.2 Å². The van der Waals surface area contributed by atoms with Crippen molar-refractivity contribution in [3.8, 4) is 0 Å². The van der Waals surface area contributed by atoms with Gasteiger partial charge >= 0.3 is 0 Å². The van der Waals surface area contributed by atoms with Gasteiger partial charge in [-0.25, -0.2) is 4.98 Å². The molecule has 0 bridgehead atoms. The predicted octanol–water partition coefficient (Wildman–Crippen LogP) is 1.55. The van der Waals surface area contributed by atoms with E-state index in [2.05, 4.69) is 16.7 Å². The Labute approximate surface area is 149 Å². The van der Waals surface area contributed by atoms with Gasteiger partial charge in [-0.05, 0) is 25.0 Å². The van der Waals surface area contributed by atoms with Crippen LogP contribution in [0.4, 0.5) is 0 Å². The van der Waals surface area contributed by atoms with Crippen LogP contribution < -0.4 is 5.56 Å². The molecule has 136 valence electrons. The molecule has 2 aromatic rings. The number of hydrogen-bond donors (Lipinski definition) is 0. The highest BCUT2D eigenvalue weighted by Gasteiger charge is 2.25. The van der Waals surface area contributed by atoms with Crippen molar-refractivity contribution >= 4 is 5.65 Å². The van der Waals surface area contributed by atoms with E-state index in [1.807, 2.05) is 19.1 Å². The maximum Gasteiger partial charge on any atom is 0.258 e. The zero-order valence-electron chi connectivity index (χ0n) is 15.4. The van der Waals surface area contributed by atoms with E-state index in [1.165, 1.54) is 0 Å². The first-order valence-corrected chi connectivity index (χ1v) is 9.05. The van der Waals surface area contributed by atoms with Crippen LogP contribution >= 0.6 is 0 Å². The standard InChI is InChI=1S/C19H28N4O2/c1-4-17-14-21(8-9-22(17)10-11-25-3)13-16-12-18(24)23-7-5-6-15(2)19(23)20-16/h5-7,12,17H,4,8-11,13-14H2,1-3H3/t17-/m0/s1. The molecule has 1 aliphatic heterocycles. The Bertz CT molecular complexity index is 774. The molecule has 6 nitrogen and oxygen atoms in total. The van der Waals surface area contributed by atoms with Crippen molar-refractivity contribution in [2.24, 2.45) is 0 Å². The number of nitrogens with zero attached hydrogens (tertiary/aromatic N) is 4. The van der Waals surface area contributed by atoms with E-state index in [4.69, 9.17) is 9.72 Å². The lowest BCUT2D eigenvalue weighted by Gasteiger charge is -2.41. The lowest BCUT2D eigenvalue weighted by atomic mass is 10.1. The fourth-order valence-corrected chi connectivity index (χ4v) is 3.61. The van der Waals surface area contributed by atoms with Gasteiger partial charge in [0.2, 0.25) is 0 Å². The van der Waals surface area contributed by atoms with Gasteiger partial charge in [-0.2, -0.15) is 0 Å². The highest BCUT2D eigenvalue weighted by atomic mass is 16.5. The molecule has 0 aliphatic carbocycles. The van der Waals surface area contributed by atoms with Crippen LogP contribution in [0.1, 0.15) is 24.6 Å². The van der Waals surface area contributed by atoms with Crippen LogP contribution in [0, 0.1) is 6.92 Å². The minimum absolute atomic E-state index is 0.00512. The van der Waals surface area contributed by atoms with Crippen molar-refractivity contribution in [1.82, 2.24) is 19.2 Å². The summed E-state index contributed by atoms with van der Waals surface area (Å²) >= 11 is 0. The molecule has 1 aliphatic rings. The molecule has 0 radical (unpaired) electrons. The average Bonchev–Trinajstić information content (AvgIpc) is 2.61. The van der Waals surface area contributed by atoms with E-state index >= 15 is 0 Å². The Hall–Kier alpha value is -1.76. The number of rotatable bonds is 6. The lowest BCUT2D eigenvalue weighted by Crippen LogP contribution is -2.53. The van der Waals surface area contributed by atoms with Gasteiger partial charge in [-0.15, -0.1) is 0 Å². The second-order valence-electron chi connectivity index (χ2n) is 6.80. The maximum absolute atomic E-state index is 12.4. The van der Waals surface area contributed by atoms with Crippen molar-refractivity contribution in [2.75, 3.05) is 39.9 Å². The summed E-state index contributed by atoms with van der Waals surface area (Å²) in [4.78, 5) is 22.0. The second-order valence-corrected chi connectivity index (χ2v) is 6.80. The monoisotopic (exact) mass is 344 g/mol. The van der Waals surface area contributed by atoms with E-state index in [0.29, 0.717) is 6.04 Å². The maximum atomic E-state index is 12.4. The third-order valence-corrected chi connectivity index (χ3v) is 5.07. The second kappa shape index (κ2) is 8.08. The first-order chi connectivity index (χ1) is 12.1. The van der Waals surface area contributed by atoms with E-state index in [9.17, 15) is 4.79 Å². The minimum atomic E-state index is -0.00512. The Morgan fingerprint density at radius 2 is 2.20 bits per heavy atom. The molecule has 3 heterocycles.